The van der Waals surface area contributed by atoms with Gasteiger partial charge in [0.2, 0.25) is 0 Å². The molecule has 0 fully saturated rings. The first-order chi connectivity index (χ1) is 3.42. The van der Waals surface area contributed by atoms with E-state index in [4.69, 9.17) is 0 Å². The molecule has 1 nitrogen and oxygen atoms in total. The maximum Gasteiger partial charge on any atom is 0.183 e. The molecule has 0 aromatic rings. The maximum atomic E-state index is 10.4. The summed E-state index contributed by atoms with van der Waals surface area (Å²) >= 11 is 3.69. The Morgan fingerprint density at radius 3 is 1.88 bits per heavy atom. The summed E-state index contributed by atoms with van der Waals surface area (Å²) in [6.07, 6.45) is 0. The quantitative estimate of drug-likeness (QED) is 0.466. The van der Waals surface area contributed by atoms with Crippen molar-refractivity contribution in [1.29, 1.82) is 0 Å². The summed E-state index contributed by atoms with van der Waals surface area (Å²) in [6, 6.07) is 0.691. The lowest BCUT2D eigenvalue weighted by molar-refractivity contribution is -0.109. The second-order valence-corrected chi connectivity index (χ2v) is 9.10. The second kappa shape index (κ2) is 2.69. The van der Waals surface area contributed by atoms with E-state index in [-0.39, 0.29) is 5.12 Å². The first kappa shape index (κ1) is 8.24. The first-order valence-corrected chi connectivity index (χ1v) is 6.79. The minimum atomic E-state index is -1.15. The van der Waals surface area contributed by atoms with Gasteiger partial charge in [-0.05, 0) is 0 Å². The van der Waals surface area contributed by atoms with Crippen LogP contribution in [0.25, 0.3) is 0 Å². The average molecular weight is 148 g/mol. The molecule has 0 N–H and O–H groups in total. The lowest BCUT2D eigenvalue weighted by Gasteiger charge is -2.10. The molecule has 0 radical (unpaired) electrons. The van der Waals surface area contributed by atoms with Gasteiger partial charge >= 0.3 is 0 Å². The number of rotatable bonds is 2. The molecular weight excluding hydrogens is 136 g/mol. The van der Waals surface area contributed by atoms with Crippen molar-refractivity contribution in [3.63, 3.8) is 0 Å². The van der Waals surface area contributed by atoms with E-state index < -0.39 is 8.07 Å². The van der Waals surface area contributed by atoms with E-state index >= 15 is 0 Å². The Bertz CT molecular complexity index is 95.1. The zero-order valence-electron chi connectivity index (χ0n) is 5.56. The van der Waals surface area contributed by atoms with Gasteiger partial charge in [-0.2, -0.15) is 0 Å². The van der Waals surface area contributed by atoms with E-state index in [1.807, 2.05) is 0 Å². The Labute approximate surface area is 56.9 Å². The number of carbonyl (C=O) groups excluding carboxylic acids is 1. The molecule has 0 atom stereocenters. The summed E-state index contributed by atoms with van der Waals surface area (Å²) in [6.45, 7) is 6.46. The maximum absolute atomic E-state index is 10.4. The third-order valence-electron chi connectivity index (χ3n) is 0.682. The Hall–Kier alpha value is 0.237. The van der Waals surface area contributed by atoms with Crippen LogP contribution in [-0.2, 0) is 4.79 Å². The molecule has 0 bridgehead atoms. The number of thiol groups is 1. The number of hydrogen-bond acceptors (Lipinski definition) is 1. The summed E-state index contributed by atoms with van der Waals surface area (Å²) in [7, 11) is -1.15. The molecule has 0 amide bonds. The third kappa shape index (κ3) is 6.24. The molecule has 0 spiro atoms. The number of hydrogen-bond donors (Lipinski definition) is 1. The van der Waals surface area contributed by atoms with Crippen molar-refractivity contribution in [2.45, 2.75) is 25.7 Å². The molecule has 0 aliphatic carbocycles. The molecule has 3 heteroatoms. The molecule has 0 aromatic carbocycles. The van der Waals surface area contributed by atoms with Gasteiger partial charge in [0.25, 0.3) is 0 Å². The molecule has 0 saturated heterocycles. The highest BCUT2D eigenvalue weighted by Gasteiger charge is 2.15. The Kier molecular flexibility index (Phi) is 2.77. The van der Waals surface area contributed by atoms with Crippen LogP contribution in [0.4, 0.5) is 0 Å². The van der Waals surface area contributed by atoms with E-state index in [9.17, 15) is 4.79 Å². The van der Waals surface area contributed by atoms with E-state index in [1.54, 1.807) is 0 Å². The Balaban J connectivity index is 3.55. The van der Waals surface area contributed by atoms with Crippen molar-refractivity contribution in [2.24, 2.45) is 0 Å². The fraction of sp³-hybridized carbons (Fsp3) is 0.800. The molecule has 0 aliphatic heterocycles. The van der Waals surface area contributed by atoms with Crippen molar-refractivity contribution in [1.82, 2.24) is 0 Å². The molecule has 48 valence electrons. The smallest absolute Gasteiger partial charge is 0.183 e. The van der Waals surface area contributed by atoms with Crippen LogP contribution in [0, 0.1) is 0 Å². The lowest BCUT2D eigenvalue weighted by atomic mass is 10.9. The van der Waals surface area contributed by atoms with Gasteiger partial charge < -0.3 is 0 Å². The van der Waals surface area contributed by atoms with Crippen molar-refractivity contribution < 1.29 is 4.79 Å². The van der Waals surface area contributed by atoms with Crippen LogP contribution in [-0.4, -0.2) is 13.2 Å². The van der Waals surface area contributed by atoms with E-state index in [0.29, 0.717) is 6.04 Å². The summed E-state index contributed by atoms with van der Waals surface area (Å²) < 4.78 is 0. The molecular formula is C5H12OSSi. The average Bonchev–Trinajstić information content (AvgIpc) is 1.21. The van der Waals surface area contributed by atoms with Gasteiger partial charge in [-0.25, -0.2) is 0 Å². The Morgan fingerprint density at radius 2 is 1.88 bits per heavy atom. The summed E-state index contributed by atoms with van der Waals surface area (Å²) in [5, 5.41) is 0.0316. The normalized spacial score (nSPS) is 11.5. The van der Waals surface area contributed by atoms with E-state index in [1.165, 1.54) is 0 Å². The summed E-state index contributed by atoms with van der Waals surface area (Å²) in [4.78, 5) is 10.4. The van der Waals surface area contributed by atoms with Gasteiger partial charge in [-0.15, -0.1) is 12.6 Å². The minimum absolute atomic E-state index is 0.0316. The predicted molar refractivity (Wildman–Crippen MR) is 42.1 cm³/mol. The zero-order valence-corrected chi connectivity index (χ0v) is 7.46. The first-order valence-electron chi connectivity index (χ1n) is 2.63. The molecule has 0 unspecified atom stereocenters. The summed E-state index contributed by atoms with van der Waals surface area (Å²) in [5.41, 5.74) is 0. The highest BCUT2D eigenvalue weighted by Crippen LogP contribution is 2.08. The molecule has 0 heterocycles. The van der Waals surface area contributed by atoms with Crippen LogP contribution in [0.15, 0.2) is 0 Å². The third-order valence-corrected chi connectivity index (χ3v) is 2.52. The van der Waals surface area contributed by atoms with Crippen LogP contribution in [0.2, 0.25) is 25.7 Å². The van der Waals surface area contributed by atoms with Crippen LogP contribution >= 0.6 is 12.6 Å². The van der Waals surface area contributed by atoms with Gasteiger partial charge in [0.15, 0.2) is 5.12 Å². The lowest BCUT2D eigenvalue weighted by Crippen LogP contribution is -2.21. The molecule has 8 heavy (non-hydrogen) atoms. The zero-order chi connectivity index (χ0) is 6.78. The molecule has 0 saturated carbocycles. The molecule has 0 rings (SSSR count). The van der Waals surface area contributed by atoms with Crippen molar-refractivity contribution in [3.8, 4) is 0 Å². The van der Waals surface area contributed by atoms with Crippen LogP contribution < -0.4 is 0 Å². The van der Waals surface area contributed by atoms with Gasteiger partial charge in [0.05, 0.1) is 8.07 Å². The summed E-state index contributed by atoms with van der Waals surface area (Å²) in [5.74, 6) is 0. The van der Waals surface area contributed by atoms with Crippen molar-refractivity contribution in [3.05, 3.63) is 0 Å². The number of carbonyl (C=O) groups is 1. The van der Waals surface area contributed by atoms with E-state index in [2.05, 4.69) is 32.3 Å². The van der Waals surface area contributed by atoms with Crippen molar-refractivity contribution >= 4 is 25.8 Å². The molecule has 0 aliphatic rings. The standard InChI is InChI=1S/C5H12OSSi/c1-8(2,3)4-5(6)7/h4H2,1-3H3,(H,6,7). The highest BCUT2D eigenvalue weighted by atomic mass is 32.1. The fourth-order valence-corrected chi connectivity index (χ4v) is 2.78. The predicted octanol–water partition coefficient (Wildman–Crippen LogP) is 1.78. The largest absolute Gasteiger partial charge is 0.288 e. The van der Waals surface area contributed by atoms with Crippen LogP contribution in [0.1, 0.15) is 0 Å². The topological polar surface area (TPSA) is 17.1 Å². The van der Waals surface area contributed by atoms with Crippen LogP contribution in [0.5, 0.6) is 0 Å². The van der Waals surface area contributed by atoms with Gasteiger partial charge in [0, 0.05) is 6.04 Å². The molecule has 0 aromatic heterocycles. The van der Waals surface area contributed by atoms with Crippen LogP contribution in [0.3, 0.4) is 0 Å². The van der Waals surface area contributed by atoms with Gasteiger partial charge in [-0.1, -0.05) is 19.6 Å². The monoisotopic (exact) mass is 148 g/mol. The van der Waals surface area contributed by atoms with E-state index in [0.717, 1.165) is 0 Å². The second-order valence-electron chi connectivity index (χ2n) is 3.13. The highest BCUT2D eigenvalue weighted by molar-refractivity contribution is 7.96. The van der Waals surface area contributed by atoms with Gasteiger partial charge in [-0.3, -0.25) is 4.79 Å². The van der Waals surface area contributed by atoms with Gasteiger partial charge in [0.1, 0.15) is 0 Å². The van der Waals surface area contributed by atoms with Crippen molar-refractivity contribution in [2.75, 3.05) is 0 Å². The minimum Gasteiger partial charge on any atom is -0.288 e. The SMILES string of the molecule is C[Si](C)(C)CC(=O)S. The Morgan fingerprint density at radius 1 is 1.50 bits per heavy atom. The fourth-order valence-electron chi connectivity index (χ4n) is 0.454.